The van der Waals surface area contributed by atoms with Crippen LogP contribution in [-0.4, -0.2) is 18.4 Å². The lowest BCUT2D eigenvalue weighted by atomic mass is 9.93. The van der Waals surface area contributed by atoms with Crippen molar-refractivity contribution in [2.45, 2.75) is 27.7 Å². The van der Waals surface area contributed by atoms with Gasteiger partial charge in [-0.25, -0.2) is 9.18 Å². The SMILES string of the molecule is Cc1cc(C(=O)COC(=O)c2c(F)cccc2Cl)c(C)c(C)c1C. The first-order chi connectivity index (χ1) is 11.2. The van der Waals surface area contributed by atoms with E-state index in [-0.39, 0.29) is 16.4 Å². The van der Waals surface area contributed by atoms with E-state index in [1.54, 1.807) is 6.07 Å². The molecule has 5 heteroatoms. The molecule has 3 nitrogen and oxygen atoms in total. The summed E-state index contributed by atoms with van der Waals surface area (Å²) in [6.07, 6.45) is 0. The fourth-order valence-electron chi connectivity index (χ4n) is 2.48. The van der Waals surface area contributed by atoms with Gasteiger partial charge in [0.15, 0.2) is 6.61 Å². The van der Waals surface area contributed by atoms with Gasteiger partial charge in [0.2, 0.25) is 5.78 Å². The lowest BCUT2D eigenvalue weighted by molar-refractivity contribution is 0.0470. The first-order valence-corrected chi connectivity index (χ1v) is 7.83. The van der Waals surface area contributed by atoms with Crippen molar-refractivity contribution >= 4 is 23.4 Å². The zero-order valence-electron chi connectivity index (χ0n) is 14.0. The van der Waals surface area contributed by atoms with Crippen LogP contribution in [0.5, 0.6) is 0 Å². The maximum atomic E-state index is 13.7. The van der Waals surface area contributed by atoms with Gasteiger partial charge >= 0.3 is 5.97 Å². The molecule has 0 bridgehead atoms. The Labute approximate surface area is 145 Å². The van der Waals surface area contributed by atoms with Crippen LogP contribution < -0.4 is 0 Å². The molecule has 0 amide bonds. The van der Waals surface area contributed by atoms with Crippen LogP contribution in [0.3, 0.4) is 0 Å². The minimum absolute atomic E-state index is 0.0503. The Kier molecular flexibility index (Phi) is 5.40. The average molecular weight is 349 g/mol. The van der Waals surface area contributed by atoms with Gasteiger partial charge in [-0.2, -0.15) is 0 Å². The summed E-state index contributed by atoms with van der Waals surface area (Å²) in [6, 6.07) is 5.67. The smallest absolute Gasteiger partial charge is 0.343 e. The monoisotopic (exact) mass is 348 g/mol. The Morgan fingerprint density at radius 3 is 2.38 bits per heavy atom. The number of ether oxygens (including phenoxy) is 1. The molecule has 0 aliphatic rings. The molecule has 0 radical (unpaired) electrons. The molecule has 24 heavy (non-hydrogen) atoms. The Bertz CT molecular complexity index is 808. The quantitative estimate of drug-likeness (QED) is 0.591. The minimum atomic E-state index is -0.954. The van der Waals surface area contributed by atoms with Crippen molar-refractivity contribution in [1.82, 2.24) is 0 Å². The summed E-state index contributed by atoms with van der Waals surface area (Å²) in [7, 11) is 0. The van der Waals surface area contributed by atoms with Crippen molar-refractivity contribution in [2.24, 2.45) is 0 Å². The Balaban J connectivity index is 2.19. The number of benzene rings is 2. The minimum Gasteiger partial charge on any atom is -0.454 e. The highest BCUT2D eigenvalue weighted by Crippen LogP contribution is 2.23. The molecule has 126 valence electrons. The summed E-state index contributed by atoms with van der Waals surface area (Å²) in [5.74, 6) is -2.07. The van der Waals surface area contributed by atoms with E-state index in [9.17, 15) is 14.0 Å². The van der Waals surface area contributed by atoms with E-state index in [0.29, 0.717) is 5.56 Å². The molecule has 0 aliphatic carbocycles. The maximum Gasteiger partial charge on any atom is 0.343 e. The number of rotatable bonds is 4. The van der Waals surface area contributed by atoms with Gasteiger partial charge in [0.05, 0.1) is 5.02 Å². The third-order valence-corrected chi connectivity index (χ3v) is 4.60. The normalized spacial score (nSPS) is 10.6. The standard InChI is InChI=1S/C19H18ClFO3/c1-10-8-14(13(4)12(3)11(10)2)17(22)9-24-19(23)18-15(20)6-5-7-16(18)21/h5-8H,9H2,1-4H3. The molecule has 0 heterocycles. The van der Waals surface area contributed by atoms with Crippen molar-refractivity contribution in [2.75, 3.05) is 6.61 Å². The van der Waals surface area contributed by atoms with Crippen LogP contribution in [-0.2, 0) is 4.74 Å². The number of Topliss-reactive ketones (excluding diaryl/α,β-unsaturated/α-hetero) is 1. The fraction of sp³-hybridized carbons (Fsp3) is 0.263. The first-order valence-electron chi connectivity index (χ1n) is 7.45. The molecule has 0 aliphatic heterocycles. The Morgan fingerprint density at radius 1 is 1.08 bits per heavy atom. The van der Waals surface area contributed by atoms with Crippen molar-refractivity contribution in [3.05, 3.63) is 68.5 Å². The van der Waals surface area contributed by atoms with Gasteiger partial charge in [0, 0.05) is 5.56 Å². The molecule has 0 saturated carbocycles. The van der Waals surface area contributed by atoms with Crippen LogP contribution in [0, 0.1) is 33.5 Å². The lowest BCUT2D eigenvalue weighted by Gasteiger charge is -2.14. The van der Waals surface area contributed by atoms with E-state index >= 15 is 0 Å². The van der Waals surface area contributed by atoms with Crippen LogP contribution in [0.15, 0.2) is 24.3 Å². The number of carbonyl (C=O) groups excluding carboxylic acids is 2. The summed E-state index contributed by atoms with van der Waals surface area (Å²) < 4.78 is 18.7. The van der Waals surface area contributed by atoms with Crippen LogP contribution in [0.25, 0.3) is 0 Å². The Hall–Kier alpha value is -2.20. The van der Waals surface area contributed by atoms with Crippen molar-refractivity contribution < 1.29 is 18.7 Å². The molecule has 0 atom stereocenters. The average Bonchev–Trinajstić information content (AvgIpc) is 2.53. The van der Waals surface area contributed by atoms with Crippen molar-refractivity contribution in [1.29, 1.82) is 0 Å². The summed E-state index contributed by atoms with van der Waals surface area (Å²) in [4.78, 5) is 24.4. The first kappa shape index (κ1) is 18.1. The van der Waals surface area contributed by atoms with Gasteiger partial charge in [-0.1, -0.05) is 17.7 Å². The van der Waals surface area contributed by atoms with Crippen LogP contribution in [0.2, 0.25) is 5.02 Å². The second-order valence-electron chi connectivity index (χ2n) is 5.71. The summed E-state index contributed by atoms with van der Waals surface area (Å²) >= 11 is 5.82. The molecule has 0 aromatic heterocycles. The van der Waals surface area contributed by atoms with Crippen LogP contribution >= 0.6 is 11.6 Å². The predicted molar refractivity (Wildman–Crippen MR) is 91.4 cm³/mol. The number of esters is 1. The number of aryl methyl sites for hydroxylation is 1. The highest BCUT2D eigenvalue weighted by atomic mass is 35.5. The highest BCUT2D eigenvalue weighted by Gasteiger charge is 2.20. The molecule has 0 spiro atoms. The van der Waals surface area contributed by atoms with Gasteiger partial charge < -0.3 is 4.74 Å². The zero-order chi connectivity index (χ0) is 18.0. The van der Waals surface area contributed by atoms with Crippen LogP contribution in [0.4, 0.5) is 4.39 Å². The largest absolute Gasteiger partial charge is 0.454 e. The predicted octanol–water partition coefficient (Wildman–Crippen LogP) is 4.75. The van der Waals surface area contributed by atoms with Gasteiger partial charge in [0.25, 0.3) is 0 Å². The molecular weight excluding hydrogens is 331 g/mol. The molecule has 0 unspecified atom stereocenters. The summed E-state index contributed by atoms with van der Waals surface area (Å²) in [6.45, 7) is 7.24. The number of halogens is 2. The van der Waals surface area contributed by atoms with Crippen molar-refractivity contribution in [3.8, 4) is 0 Å². The number of hydrogen-bond acceptors (Lipinski definition) is 3. The molecule has 0 N–H and O–H groups in total. The lowest BCUT2D eigenvalue weighted by Crippen LogP contribution is -2.17. The maximum absolute atomic E-state index is 13.7. The van der Waals surface area contributed by atoms with E-state index in [0.717, 1.165) is 28.3 Å². The van der Waals surface area contributed by atoms with E-state index in [2.05, 4.69) is 0 Å². The van der Waals surface area contributed by atoms with Crippen molar-refractivity contribution in [3.63, 3.8) is 0 Å². The summed E-state index contributed by atoms with van der Waals surface area (Å²) in [5, 5.41) is -0.0503. The third-order valence-electron chi connectivity index (χ3n) is 4.28. The molecule has 2 aromatic carbocycles. The molecule has 0 saturated heterocycles. The van der Waals surface area contributed by atoms with Crippen LogP contribution in [0.1, 0.15) is 43.0 Å². The zero-order valence-corrected chi connectivity index (χ0v) is 14.8. The number of hydrogen-bond donors (Lipinski definition) is 0. The highest BCUT2D eigenvalue weighted by molar-refractivity contribution is 6.33. The molecule has 0 fully saturated rings. The van der Waals surface area contributed by atoms with E-state index < -0.39 is 18.4 Å². The molecule has 2 rings (SSSR count). The van der Waals surface area contributed by atoms with Gasteiger partial charge in [0.1, 0.15) is 11.4 Å². The van der Waals surface area contributed by atoms with Gasteiger partial charge in [-0.3, -0.25) is 4.79 Å². The van der Waals surface area contributed by atoms with Gasteiger partial charge in [-0.05, 0) is 68.1 Å². The third kappa shape index (κ3) is 3.49. The van der Waals surface area contributed by atoms with E-state index in [1.807, 2.05) is 27.7 Å². The number of ketones is 1. The van der Waals surface area contributed by atoms with E-state index in [4.69, 9.17) is 16.3 Å². The second-order valence-corrected chi connectivity index (χ2v) is 6.12. The number of carbonyl (C=O) groups is 2. The fourth-order valence-corrected chi connectivity index (χ4v) is 2.72. The molecular formula is C19H18ClFO3. The second kappa shape index (κ2) is 7.14. The van der Waals surface area contributed by atoms with E-state index in [1.165, 1.54) is 12.1 Å². The Morgan fingerprint density at radius 2 is 1.75 bits per heavy atom. The topological polar surface area (TPSA) is 43.4 Å². The molecule has 2 aromatic rings. The summed E-state index contributed by atoms with van der Waals surface area (Å²) in [5.41, 5.74) is 4.14. The van der Waals surface area contributed by atoms with Gasteiger partial charge in [-0.15, -0.1) is 0 Å².